The summed E-state index contributed by atoms with van der Waals surface area (Å²) in [5, 5.41) is 16.2. The number of aryl methyl sites for hydroxylation is 2. The van der Waals surface area contributed by atoms with Gasteiger partial charge in [-0.15, -0.1) is 0 Å². The predicted molar refractivity (Wildman–Crippen MR) is 76.3 cm³/mol. The van der Waals surface area contributed by atoms with E-state index in [1.54, 1.807) is 30.6 Å². The van der Waals surface area contributed by atoms with Gasteiger partial charge in [-0.1, -0.05) is 16.8 Å². The average Bonchev–Trinajstić information content (AvgIpc) is 2.76. The molecule has 2 aromatic rings. The van der Waals surface area contributed by atoms with Gasteiger partial charge in [-0.05, 0) is 37.3 Å². The van der Waals surface area contributed by atoms with E-state index in [1.807, 2.05) is 29.8 Å². The number of para-hydroxylation sites is 1. The number of aromatic hydroxyl groups is 1. The molecular formula is C14H17N2O2S+. The zero-order chi connectivity index (χ0) is 13.8. The molecule has 0 aliphatic carbocycles. The van der Waals surface area contributed by atoms with Crippen LogP contribution in [0.1, 0.15) is 22.5 Å². The van der Waals surface area contributed by atoms with Crippen molar-refractivity contribution in [3.63, 3.8) is 0 Å². The Bertz CT molecular complexity index is 605. The molecule has 0 bridgehead atoms. The summed E-state index contributed by atoms with van der Waals surface area (Å²) in [6, 6.07) is 5.31. The van der Waals surface area contributed by atoms with Gasteiger partial charge in [0.25, 0.3) is 5.01 Å². The number of hydrogen-bond donors (Lipinski definition) is 1. The van der Waals surface area contributed by atoms with E-state index < -0.39 is 0 Å². The van der Waals surface area contributed by atoms with Crippen molar-refractivity contribution < 1.29 is 14.5 Å². The lowest BCUT2D eigenvalue weighted by Crippen LogP contribution is -2.36. The van der Waals surface area contributed by atoms with E-state index in [2.05, 4.69) is 12.0 Å². The Balaban J connectivity index is 2.35. The molecule has 0 saturated carbocycles. The minimum Gasteiger partial charge on any atom is -0.504 e. The Morgan fingerprint density at radius 1 is 1.42 bits per heavy atom. The number of nitrogens with zero attached hydrogens (tertiary/aromatic N) is 2. The van der Waals surface area contributed by atoms with E-state index in [9.17, 15) is 5.11 Å². The van der Waals surface area contributed by atoms with Crippen molar-refractivity contribution in [1.82, 2.24) is 5.10 Å². The second kappa shape index (κ2) is 5.84. The summed E-state index contributed by atoms with van der Waals surface area (Å²) in [4.78, 5) is 0. The number of hydrogen-bond acceptors (Lipinski definition) is 4. The van der Waals surface area contributed by atoms with Gasteiger partial charge in [0, 0.05) is 16.7 Å². The molecule has 4 nitrogen and oxygen atoms in total. The third-order valence-electron chi connectivity index (χ3n) is 2.70. The van der Waals surface area contributed by atoms with E-state index in [0.29, 0.717) is 5.75 Å². The largest absolute Gasteiger partial charge is 0.504 e. The van der Waals surface area contributed by atoms with Gasteiger partial charge in [0.15, 0.2) is 23.1 Å². The van der Waals surface area contributed by atoms with Crippen molar-refractivity contribution in [1.29, 1.82) is 0 Å². The molecule has 2 rings (SSSR count). The maximum atomic E-state index is 9.72. The summed E-state index contributed by atoms with van der Waals surface area (Å²) in [5.41, 5.74) is 0.844. The van der Waals surface area contributed by atoms with Gasteiger partial charge in [-0.3, -0.25) is 0 Å². The normalized spacial score (nSPS) is 11.1. The number of methoxy groups -OCH3 is 1. The van der Waals surface area contributed by atoms with Gasteiger partial charge in [0.1, 0.15) is 0 Å². The Hall–Kier alpha value is -1.88. The third-order valence-corrected chi connectivity index (χ3v) is 3.64. The Morgan fingerprint density at radius 3 is 2.89 bits per heavy atom. The van der Waals surface area contributed by atoms with Crippen LogP contribution in [0.2, 0.25) is 0 Å². The van der Waals surface area contributed by atoms with Crippen LogP contribution in [0.25, 0.3) is 12.2 Å². The first-order valence-electron chi connectivity index (χ1n) is 6.07. The quantitative estimate of drug-likeness (QED) is 0.874. The first kappa shape index (κ1) is 13.5. The molecule has 0 amide bonds. The molecule has 1 N–H and O–H groups in total. The van der Waals surface area contributed by atoms with Crippen molar-refractivity contribution in [2.24, 2.45) is 0 Å². The van der Waals surface area contributed by atoms with E-state index >= 15 is 0 Å². The Morgan fingerprint density at radius 2 is 2.21 bits per heavy atom. The van der Waals surface area contributed by atoms with Crippen LogP contribution in [0.5, 0.6) is 11.5 Å². The zero-order valence-electron chi connectivity index (χ0n) is 11.3. The number of aromatic nitrogens is 2. The van der Waals surface area contributed by atoms with Gasteiger partial charge in [-0.25, -0.2) is 0 Å². The van der Waals surface area contributed by atoms with E-state index in [-0.39, 0.29) is 5.75 Å². The molecule has 0 spiro atoms. The third kappa shape index (κ3) is 2.93. The highest BCUT2D eigenvalue weighted by Gasteiger charge is 2.13. The van der Waals surface area contributed by atoms with Gasteiger partial charge in [0.2, 0.25) is 0 Å². The lowest BCUT2D eigenvalue weighted by Gasteiger charge is -2.05. The van der Waals surface area contributed by atoms with Crippen molar-refractivity contribution in [2.45, 2.75) is 20.4 Å². The van der Waals surface area contributed by atoms with Crippen LogP contribution in [-0.2, 0) is 6.54 Å². The van der Waals surface area contributed by atoms with Gasteiger partial charge in [-0.2, -0.15) is 0 Å². The fourth-order valence-corrected chi connectivity index (χ4v) is 2.70. The molecule has 0 atom stereocenters. The average molecular weight is 277 g/mol. The molecule has 0 saturated heterocycles. The Labute approximate surface area is 116 Å². The number of rotatable bonds is 4. The van der Waals surface area contributed by atoms with Crippen molar-refractivity contribution >= 4 is 23.5 Å². The van der Waals surface area contributed by atoms with Crippen molar-refractivity contribution in [3.8, 4) is 11.5 Å². The molecule has 0 aliphatic heterocycles. The molecule has 5 heteroatoms. The molecule has 1 aromatic carbocycles. The molecule has 19 heavy (non-hydrogen) atoms. The van der Waals surface area contributed by atoms with Crippen LogP contribution in [0.3, 0.4) is 0 Å². The monoisotopic (exact) mass is 277 g/mol. The molecule has 0 unspecified atom stereocenters. The number of benzene rings is 1. The summed E-state index contributed by atoms with van der Waals surface area (Å²) in [6.07, 6.45) is 3.92. The van der Waals surface area contributed by atoms with Crippen LogP contribution in [0, 0.1) is 6.92 Å². The predicted octanol–water partition coefficient (Wildman–Crippen LogP) is 2.64. The molecule has 0 fully saturated rings. The molecule has 0 aliphatic rings. The second-order valence-corrected chi connectivity index (χ2v) is 5.22. The number of ether oxygens (including phenoxy) is 1. The minimum absolute atomic E-state index is 0.147. The highest BCUT2D eigenvalue weighted by atomic mass is 32.1. The van der Waals surface area contributed by atoms with Crippen LogP contribution in [-0.4, -0.2) is 17.3 Å². The SMILES string of the molecule is CC[n+]1nc(C)sc1/C=C/c1cccc(O)c1OC. The summed E-state index contributed by atoms with van der Waals surface area (Å²) in [5.74, 6) is 0.636. The van der Waals surface area contributed by atoms with Gasteiger partial charge in [0.05, 0.1) is 7.11 Å². The van der Waals surface area contributed by atoms with Crippen LogP contribution in [0.15, 0.2) is 18.2 Å². The highest BCUT2D eigenvalue weighted by Crippen LogP contribution is 2.30. The highest BCUT2D eigenvalue weighted by molar-refractivity contribution is 7.11. The topological polar surface area (TPSA) is 46.2 Å². The second-order valence-electron chi connectivity index (χ2n) is 4.01. The summed E-state index contributed by atoms with van der Waals surface area (Å²) in [7, 11) is 1.55. The molecule has 0 radical (unpaired) electrons. The van der Waals surface area contributed by atoms with Crippen LogP contribution < -0.4 is 9.42 Å². The van der Waals surface area contributed by atoms with Crippen LogP contribution >= 0.6 is 11.3 Å². The molecule has 1 aromatic heterocycles. The maximum absolute atomic E-state index is 9.72. The van der Waals surface area contributed by atoms with E-state index in [0.717, 1.165) is 22.1 Å². The van der Waals surface area contributed by atoms with E-state index in [4.69, 9.17) is 4.74 Å². The minimum atomic E-state index is 0.147. The number of phenolic OH excluding ortho intramolecular Hbond substituents is 1. The first-order chi connectivity index (χ1) is 9.15. The standard InChI is InChI=1S/C14H16N2O2S/c1-4-16-13(19-10(2)15-16)9-8-11-6-5-7-12(17)14(11)18-3/h5-9H,4H2,1-3H3/p+1/b9-8+. The van der Waals surface area contributed by atoms with Crippen molar-refractivity contribution in [3.05, 3.63) is 33.8 Å². The lowest BCUT2D eigenvalue weighted by molar-refractivity contribution is -0.747. The van der Waals surface area contributed by atoms with Gasteiger partial charge < -0.3 is 9.84 Å². The molecule has 100 valence electrons. The van der Waals surface area contributed by atoms with E-state index in [1.165, 1.54) is 0 Å². The fourth-order valence-electron chi connectivity index (χ4n) is 1.85. The zero-order valence-corrected chi connectivity index (χ0v) is 12.1. The smallest absolute Gasteiger partial charge is 0.289 e. The van der Waals surface area contributed by atoms with Gasteiger partial charge >= 0.3 is 0 Å². The lowest BCUT2D eigenvalue weighted by atomic mass is 10.1. The van der Waals surface area contributed by atoms with Crippen LogP contribution in [0.4, 0.5) is 0 Å². The maximum Gasteiger partial charge on any atom is 0.289 e. The fraction of sp³-hybridized carbons (Fsp3) is 0.286. The summed E-state index contributed by atoms with van der Waals surface area (Å²) in [6.45, 7) is 4.88. The summed E-state index contributed by atoms with van der Waals surface area (Å²) < 4.78 is 7.16. The Kier molecular flexibility index (Phi) is 4.16. The number of phenols is 1. The van der Waals surface area contributed by atoms with Crippen molar-refractivity contribution in [2.75, 3.05) is 7.11 Å². The molecule has 1 heterocycles. The first-order valence-corrected chi connectivity index (χ1v) is 6.89. The summed E-state index contributed by atoms with van der Waals surface area (Å²) >= 11 is 1.64. The molecular weight excluding hydrogens is 260 g/mol.